The molecular weight excluding hydrogens is 571 g/mol. The first kappa shape index (κ1) is 29.0. The summed E-state index contributed by atoms with van der Waals surface area (Å²) < 4.78 is 23.2. The van der Waals surface area contributed by atoms with Crippen molar-refractivity contribution < 1.29 is 28.2 Å². The van der Waals surface area contributed by atoms with E-state index in [4.69, 9.17) is 14.3 Å². The lowest BCUT2D eigenvalue weighted by Crippen LogP contribution is -2.47. The van der Waals surface area contributed by atoms with E-state index in [1.807, 2.05) is 40.4 Å². The monoisotopic (exact) mass is 602 g/mol. The van der Waals surface area contributed by atoms with Gasteiger partial charge in [0, 0.05) is 49.2 Å². The lowest BCUT2D eigenvalue weighted by Gasteiger charge is -2.40. The average molecular weight is 603 g/mol. The SMILES string of the molecule is COCC1=NN(C(c2ccccc2)C2CCN(C(=O)c3cc(-c4nc5cc(NC(=O)OF)ccc5o4)ccn3)CC2)N(C)N1. The first-order valence-electron chi connectivity index (χ1n) is 14.1. The Morgan fingerprint density at radius 3 is 2.68 bits per heavy atom. The molecule has 2 N–H and O–H groups in total. The molecule has 0 aliphatic carbocycles. The number of hydrazone groups is 1. The second-order valence-corrected chi connectivity index (χ2v) is 10.5. The topological polar surface area (TPSA) is 138 Å². The molecule has 1 atom stereocenters. The van der Waals surface area contributed by atoms with Crippen molar-refractivity contribution in [3.05, 3.63) is 78.1 Å². The summed E-state index contributed by atoms with van der Waals surface area (Å²) in [5.74, 6) is 1.07. The number of hydrogen-bond donors (Lipinski definition) is 2. The van der Waals surface area contributed by atoms with Crippen LogP contribution in [0.1, 0.15) is 34.9 Å². The number of carbonyl (C=O) groups is 2. The normalized spacial score (nSPS) is 16.5. The van der Waals surface area contributed by atoms with Crippen LogP contribution in [-0.4, -0.2) is 76.8 Å². The maximum Gasteiger partial charge on any atom is 0.449 e. The molecule has 0 spiro atoms. The second kappa shape index (κ2) is 12.7. The number of hydrogen-bond acceptors (Lipinski definition) is 11. The minimum Gasteiger partial charge on any atom is -0.436 e. The minimum absolute atomic E-state index is 0.0285. The highest BCUT2D eigenvalue weighted by atomic mass is 19.3. The third-order valence-corrected chi connectivity index (χ3v) is 7.70. The van der Waals surface area contributed by atoms with Crippen molar-refractivity contribution >= 4 is 34.6 Å². The number of fused-ring (bicyclic) bond motifs is 1. The summed E-state index contributed by atoms with van der Waals surface area (Å²) in [6.45, 7) is 1.51. The number of aromatic nitrogens is 2. The number of piperidine rings is 1. The predicted octanol–water partition coefficient (Wildman–Crippen LogP) is 4.54. The lowest BCUT2D eigenvalue weighted by molar-refractivity contribution is -0.0693. The van der Waals surface area contributed by atoms with E-state index in [0.717, 1.165) is 24.2 Å². The summed E-state index contributed by atoms with van der Waals surface area (Å²) in [5, 5.41) is 10.9. The van der Waals surface area contributed by atoms with Gasteiger partial charge in [-0.05, 0) is 54.7 Å². The summed E-state index contributed by atoms with van der Waals surface area (Å²) in [5.41, 5.74) is 6.43. The van der Waals surface area contributed by atoms with Crippen molar-refractivity contribution in [3.8, 4) is 11.5 Å². The summed E-state index contributed by atoms with van der Waals surface area (Å²) in [6, 6.07) is 18.3. The number of pyridine rings is 1. The van der Waals surface area contributed by atoms with Gasteiger partial charge in [0.25, 0.3) is 5.91 Å². The number of oxazole rings is 1. The molecule has 2 aromatic heterocycles. The van der Waals surface area contributed by atoms with Gasteiger partial charge in [0.05, 0.1) is 6.04 Å². The second-order valence-electron chi connectivity index (χ2n) is 10.5. The van der Waals surface area contributed by atoms with Gasteiger partial charge in [-0.1, -0.05) is 30.3 Å². The Hall–Kier alpha value is -5.08. The van der Waals surface area contributed by atoms with Gasteiger partial charge in [-0.15, -0.1) is 10.2 Å². The molecule has 2 aliphatic heterocycles. The molecule has 2 aromatic carbocycles. The molecular formula is C30H31FN8O5. The van der Waals surface area contributed by atoms with E-state index >= 15 is 0 Å². The van der Waals surface area contributed by atoms with E-state index in [1.165, 1.54) is 12.1 Å². The molecule has 13 nitrogen and oxygen atoms in total. The summed E-state index contributed by atoms with van der Waals surface area (Å²) in [6.07, 6.45) is 1.87. The van der Waals surface area contributed by atoms with Crippen LogP contribution in [0.15, 0.2) is 76.4 Å². The van der Waals surface area contributed by atoms with Crippen molar-refractivity contribution in [2.75, 3.05) is 39.2 Å². The fourth-order valence-corrected chi connectivity index (χ4v) is 5.67. The van der Waals surface area contributed by atoms with E-state index in [0.29, 0.717) is 42.0 Å². The number of halogens is 1. The molecule has 4 aromatic rings. The smallest absolute Gasteiger partial charge is 0.436 e. The van der Waals surface area contributed by atoms with Crippen LogP contribution in [0.5, 0.6) is 0 Å². The number of methoxy groups -OCH3 is 1. The highest BCUT2D eigenvalue weighted by Gasteiger charge is 2.37. The molecule has 4 heterocycles. The quantitative estimate of drug-likeness (QED) is 0.296. The first-order valence-corrected chi connectivity index (χ1v) is 14.1. The number of nitrogens with zero attached hydrogens (tertiary/aromatic N) is 6. The number of ether oxygens (including phenoxy) is 1. The number of nitrogens with one attached hydrogen (secondary N) is 2. The maximum atomic E-state index is 13.6. The Bertz CT molecular complexity index is 1670. The van der Waals surface area contributed by atoms with Crippen LogP contribution >= 0.6 is 0 Å². The van der Waals surface area contributed by atoms with Crippen LogP contribution in [-0.2, 0) is 9.68 Å². The molecule has 1 unspecified atom stereocenters. The van der Waals surface area contributed by atoms with Gasteiger partial charge in [0.1, 0.15) is 17.8 Å². The van der Waals surface area contributed by atoms with Crippen molar-refractivity contribution in [3.63, 3.8) is 0 Å². The third-order valence-electron chi connectivity index (χ3n) is 7.70. The molecule has 0 bridgehead atoms. The van der Waals surface area contributed by atoms with Gasteiger partial charge in [-0.3, -0.25) is 20.5 Å². The summed E-state index contributed by atoms with van der Waals surface area (Å²) in [4.78, 5) is 38.5. The summed E-state index contributed by atoms with van der Waals surface area (Å²) >= 11 is 0. The largest absolute Gasteiger partial charge is 0.449 e. The molecule has 0 saturated carbocycles. The number of hydrazine groups is 2. The highest BCUT2D eigenvalue weighted by molar-refractivity contribution is 5.93. The van der Waals surface area contributed by atoms with Gasteiger partial charge in [-0.25, -0.2) is 14.7 Å². The van der Waals surface area contributed by atoms with Crippen LogP contribution < -0.4 is 10.7 Å². The maximum absolute atomic E-state index is 13.6. The van der Waals surface area contributed by atoms with Crippen molar-refractivity contribution in [2.45, 2.75) is 18.9 Å². The zero-order chi connectivity index (χ0) is 30.6. The fraction of sp³-hybridized carbons (Fsp3) is 0.300. The molecule has 0 radical (unpaired) electrons. The van der Waals surface area contributed by atoms with Crippen LogP contribution in [0.25, 0.3) is 22.6 Å². The van der Waals surface area contributed by atoms with Gasteiger partial charge >= 0.3 is 6.09 Å². The number of carbonyl (C=O) groups excluding carboxylic acids is 2. The molecule has 1 fully saturated rings. The number of rotatable bonds is 8. The van der Waals surface area contributed by atoms with Crippen molar-refractivity contribution in [1.29, 1.82) is 0 Å². The van der Waals surface area contributed by atoms with Gasteiger partial charge in [-0.2, -0.15) is 5.12 Å². The third kappa shape index (κ3) is 6.02. The lowest BCUT2D eigenvalue weighted by atomic mass is 9.85. The Balaban J connectivity index is 1.16. The Kier molecular flexibility index (Phi) is 8.34. The van der Waals surface area contributed by atoms with Gasteiger partial charge in [0.15, 0.2) is 11.4 Å². The number of anilines is 1. The molecule has 44 heavy (non-hydrogen) atoms. The zero-order valence-corrected chi connectivity index (χ0v) is 24.1. The van der Waals surface area contributed by atoms with Gasteiger partial charge < -0.3 is 14.1 Å². The minimum atomic E-state index is -1.24. The molecule has 228 valence electrons. The summed E-state index contributed by atoms with van der Waals surface area (Å²) in [7, 11) is 3.56. The van der Waals surface area contributed by atoms with Crippen LogP contribution in [0, 0.1) is 5.92 Å². The molecule has 14 heteroatoms. The Morgan fingerprint density at radius 1 is 1.14 bits per heavy atom. The number of amides is 2. The van der Waals surface area contributed by atoms with Crippen molar-refractivity contribution in [2.24, 2.45) is 11.0 Å². The standard InChI is InChI=1S/C30H31FN8O5/c1-37-35-26(18-42-2)36-39(37)27(19-6-4-3-5-7-19)20-11-14-38(15-12-20)29(40)24-16-21(10-13-32-24)28-34-23-17-22(33-30(41)44-31)8-9-25(23)43-28/h3-10,13,16-17,20,27H,11-12,14-15,18H2,1-2H3,(H,33,41)(H,35,36). The molecule has 1 saturated heterocycles. The average Bonchev–Trinajstić information content (AvgIpc) is 3.64. The molecule has 2 aliphatic rings. The van der Waals surface area contributed by atoms with Gasteiger partial charge in [0.2, 0.25) is 5.89 Å². The first-order chi connectivity index (χ1) is 21.4. The van der Waals surface area contributed by atoms with Crippen LogP contribution in [0.2, 0.25) is 0 Å². The van der Waals surface area contributed by atoms with Crippen LogP contribution in [0.4, 0.5) is 15.0 Å². The fourth-order valence-electron chi connectivity index (χ4n) is 5.67. The van der Waals surface area contributed by atoms with E-state index in [-0.39, 0.29) is 29.5 Å². The van der Waals surface area contributed by atoms with E-state index in [9.17, 15) is 14.1 Å². The zero-order valence-electron chi connectivity index (χ0n) is 24.1. The Morgan fingerprint density at radius 2 is 1.93 bits per heavy atom. The van der Waals surface area contributed by atoms with Crippen molar-refractivity contribution in [1.82, 2.24) is 30.5 Å². The molecule has 6 rings (SSSR count). The number of likely N-dealkylation sites (tertiary alicyclic amines) is 1. The van der Waals surface area contributed by atoms with E-state index < -0.39 is 6.09 Å². The number of amidine groups is 1. The van der Waals surface area contributed by atoms with E-state index in [2.05, 4.69) is 37.8 Å². The Labute approximate surface area is 252 Å². The highest BCUT2D eigenvalue weighted by Crippen LogP contribution is 2.37. The predicted molar refractivity (Wildman–Crippen MR) is 158 cm³/mol. The van der Waals surface area contributed by atoms with E-state index in [1.54, 1.807) is 31.5 Å². The molecule has 2 amide bonds. The number of benzene rings is 2. The van der Waals surface area contributed by atoms with Crippen LogP contribution in [0.3, 0.4) is 0 Å².